The number of hydrogen-bond acceptors (Lipinski definition) is 2. The number of unbranched alkanes of at least 4 members (excludes halogenated alkanes) is 3. The van der Waals surface area contributed by atoms with Gasteiger partial charge in [0.25, 0.3) is 0 Å². The number of hydrogen-bond donors (Lipinski definition) is 2. The van der Waals surface area contributed by atoms with Crippen LogP contribution in [0, 0.1) is 0 Å². The van der Waals surface area contributed by atoms with Crippen LogP contribution in [0.2, 0.25) is 0 Å². The van der Waals surface area contributed by atoms with Crippen molar-refractivity contribution in [3.05, 3.63) is 12.3 Å². The highest BCUT2D eigenvalue weighted by Crippen LogP contribution is 1.97. The van der Waals surface area contributed by atoms with E-state index in [2.05, 4.69) is 5.32 Å². The topological polar surface area (TPSA) is 32.3 Å². The summed E-state index contributed by atoms with van der Waals surface area (Å²) in [6.45, 7) is 3.39. The minimum Gasteiger partial charge on any atom is -0.396 e. The lowest BCUT2D eigenvalue weighted by molar-refractivity contribution is 0.282. The van der Waals surface area contributed by atoms with Crippen LogP contribution in [-0.2, 0) is 0 Å². The fourth-order valence-electron chi connectivity index (χ4n) is 0.894. The Labute approximate surface area is 69.3 Å². The zero-order valence-corrected chi connectivity index (χ0v) is 7.34. The minimum absolute atomic E-state index is 0.336. The summed E-state index contributed by atoms with van der Waals surface area (Å²) in [5.41, 5.74) is 0. The number of nitrogens with one attached hydrogen (secondary N) is 1. The van der Waals surface area contributed by atoms with E-state index in [9.17, 15) is 0 Å². The van der Waals surface area contributed by atoms with Crippen LogP contribution in [0.5, 0.6) is 0 Å². The summed E-state index contributed by atoms with van der Waals surface area (Å²) in [5.74, 6) is 0. The molecular formula is C9H19NO. The monoisotopic (exact) mass is 157 g/mol. The van der Waals surface area contributed by atoms with Crippen molar-refractivity contribution in [2.75, 3.05) is 13.2 Å². The lowest BCUT2D eigenvalue weighted by Crippen LogP contribution is -2.06. The van der Waals surface area contributed by atoms with Gasteiger partial charge in [0, 0.05) is 13.2 Å². The van der Waals surface area contributed by atoms with E-state index in [0.29, 0.717) is 6.61 Å². The van der Waals surface area contributed by atoms with Gasteiger partial charge in [-0.25, -0.2) is 0 Å². The maximum atomic E-state index is 8.48. The molecule has 2 heteroatoms. The molecule has 2 nitrogen and oxygen atoms in total. The van der Waals surface area contributed by atoms with Crippen LogP contribution in [0.15, 0.2) is 12.3 Å². The van der Waals surface area contributed by atoms with Crippen LogP contribution in [0.1, 0.15) is 32.6 Å². The van der Waals surface area contributed by atoms with E-state index in [1.165, 1.54) is 12.8 Å². The molecule has 0 spiro atoms. The second-order valence-corrected chi connectivity index (χ2v) is 2.59. The van der Waals surface area contributed by atoms with E-state index in [-0.39, 0.29) is 0 Å². The minimum atomic E-state index is 0.336. The molecule has 0 atom stereocenters. The zero-order valence-electron chi connectivity index (χ0n) is 7.34. The van der Waals surface area contributed by atoms with Crippen molar-refractivity contribution in [3.8, 4) is 0 Å². The molecule has 0 saturated carbocycles. The van der Waals surface area contributed by atoms with Gasteiger partial charge in [0.1, 0.15) is 0 Å². The van der Waals surface area contributed by atoms with E-state index in [1.807, 2.05) is 19.2 Å². The molecule has 0 radical (unpaired) electrons. The molecule has 0 saturated heterocycles. The molecule has 0 unspecified atom stereocenters. The van der Waals surface area contributed by atoms with Crippen LogP contribution in [-0.4, -0.2) is 18.3 Å². The summed E-state index contributed by atoms with van der Waals surface area (Å²) in [4.78, 5) is 0. The van der Waals surface area contributed by atoms with Gasteiger partial charge >= 0.3 is 0 Å². The van der Waals surface area contributed by atoms with E-state index in [1.54, 1.807) is 0 Å². The summed E-state index contributed by atoms with van der Waals surface area (Å²) in [5, 5.41) is 11.6. The van der Waals surface area contributed by atoms with Gasteiger partial charge in [-0.2, -0.15) is 0 Å². The Kier molecular flexibility index (Phi) is 9.07. The van der Waals surface area contributed by atoms with Crippen LogP contribution >= 0.6 is 0 Å². The molecule has 0 aromatic heterocycles. The average Bonchev–Trinajstić information content (AvgIpc) is 2.03. The van der Waals surface area contributed by atoms with Crippen molar-refractivity contribution in [1.29, 1.82) is 0 Å². The molecule has 0 heterocycles. The highest BCUT2D eigenvalue weighted by atomic mass is 16.2. The van der Waals surface area contributed by atoms with Gasteiger partial charge in [0.15, 0.2) is 0 Å². The van der Waals surface area contributed by atoms with Crippen LogP contribution in [0.3, 0.4) is 0 Å². The van der Waals surface area contributed by atoms with Crippen molar-refractivity contribution in [1.82, 2.24) is 5.32 Å². The molecule has 0 aliphatic rings. The maximum absolute atomic E-state index is 8.48. The first-order valence-electron chi connectivity index (χ1n) is 4.37. The Morgan fingerprint density at radius 1 is 1.18 bits per heavy atom. The lowest BCUT2D eigenvalue weighted by Gasteiger charge is -1.99. The number of aliphatic hydroxyl groups excluding tert-OH is 1. The normalized spacial score (nSPS) is 10.7. The van der Waals surface area contributed by atoms with Gasteiger partial charge in [-0.05, 0) is 26.0 Å². The Balaban J connectivity index is 2.79. The van der Waals surface area contributed by atoms with Crippen LogP contribution in [0.25, 0.3) is 0 Å². The molecule has 0 aliphatic heterocycles. The predicted molar refractivity (Wildman–Crippen MR) is 48.4 cm³/mol. The van der Waals surface area contributed by atoms with Crippen molar-refractivity contribution in [2.45, 2.75) is 32.6 Å². The number of allylic oxidation sites excluding steroid dienone is 1. The smallest absolute Gasteiger partial charge is 0.0431 e. The Hall–Kier alpha value is -0.500. The highest BCUT2D eigenvalue weighted by Gasteiger charge is 1.86. The second kappa shape index (κ2) is 9.50. The molecular weight excluding hydrogens is 138 g/mol. The Morgan fingerprint density at radius 2 is 1.91 bits per heavy atom. The maximum Gasteiger partial charge on any atom is 0.0431 e. The third-order valence-corrected chi connectivity index (χ3v) is 1.51. The van der Waals surface area contributed by atoms with E-state index < -0.39 is 0 Å². The quantitative estimate of drug-likeness (QED) is 0.551. The molecule has 11 heavy (non-hydrogen) atoms. The third kappa shape index (κ3) is 9.50. The summed E-state index contributed by atoms with van der Waals surface area (Å²) in [6, 6.07) is 0. The summed E-state index contributed by atoms with van der Waals surface area (Å²) in [7, 11) is 0. The van der Waals surface area contributed by atoms with Gasteiger partial charge in [-0.15, -0.1) is 0 Å². The standard InChI is InChI=1S/C9H19NO/c1-2-7-10-8-5-3-4-6-9-11/h2,7,10-11H,3-6,8-9H2,1H3. The fourth-order valence-corrected chi connectivity index (χ4v) is 0.894. The number of aliphatic hydroxyl groups is 1. The zero-order chi connectivity index (χ0) is 8.36. The van der Waals surface area contributed by atoms with E-state index >= 15 is 0 Å². The van der Waals surface area contributed by atoms with Crippen molar-refractivity contribution < 1.29 is 5.11 Å². The van der Waals surface area contributed by atoms with Gasteiger partial charge in [0.2, 0.25) is 0 Å². The second-order valence-electron chi connectivity index (χ2n) is 2.59. The Morgan fingerprint density at radius 3 is 2.55 bits per heavy atom. The highest BCUT2D eigenvalue weighted by molar-refractivity contribution is 4.73. The van der Waals surface area contributed by atoms with Gasteiger partial charge in [-0.1, -0.05) is 18.9 Å². The summed E-state index contributed by atoms with van der Waals surface area (Å²) < 4.78 is 0. The van der Waals surface area contributed by atoms with Crippen molar-refractivity contribution >= 4 is 0 Å². The molecule has 2 N–H and O–H groups in total. The third-order valence-electron chi connectivity index (χ3n) is 1.51. The summed E-state index contributed by atoms with van der Waals surface area (Å²) in [6.07, 6.45) is 8.47. The Bertz CT molecular complexity index is 91.6. The molecule has 0 aromatic rings. The molecule has 66 valence electrons. The van der Waals surface area contributed by atoms with Crippen molar-refractivity contribution in [3.63, 3.8) is 0 Å². The molecule has 0 fully saturated rings. The van der Waals surface area contributed by atoms with Crippen LogP contribution < -0.4 is 5.32 Å². The first-order valence-corrected chi connectivity index (χ1v) is 4.37. The van der Waals surface area contributed by atoms with Gasteiger partial charge in [0.05, 0.1) is 0 Å². The van der Waals surface area contributed by atoms with Crippen molar-refractivity contribution in [2.24, 2.45) is 0 Å². The SMILES string of the molecule is CC=CNCCCCCCO. The van der Waals surface area contributed by atoms with E-state index in [4.69, 9.17) is 5.11 Å². The summed E-state index contributed by atoms with van der Waals surface area (Å²) >= 11 is 0. The number of rotatable bonds is 7. The molecule has 0 amide bonds. The molecule has 0 aliphatic carbocycles. The van der Waals surface area contributed by atoms with Crippen LogP contribution in [0.4, 0.5) is 0 Å². The fraction of sp³-hybridized carbons (Fsp3) is 0.778. The predicted octanol–water partition coefficient (Wildman–Crippen LogP) is 1.66. The first-order chi connectivity index (χ1) is 5.41. The first kappa shape index (κ1) is 10.5. The molecule has 0 rings (SSSR count). The average molecular weight is 157 g/mol. The molecule has 0 aromatic carbocycles. The molecule has 0 bridgehead atoms. The van der Waals surface area contributed by atoms with E-state index in [0.717, 1.165) is 19.4 Å². The van der Waals surface area contributed by atoms with Gasteiger partial charge < -0.3 is 10.4 Å². The van der Waals surface area contributed by atoms with Gasteiger partial charge in [-0.3, -0.25) is 0 Å². The largest absolute Gasteiger partial charge is 0.396 e. The lowest BCUT2D eigenvalue weighted by atomic mass is 10.2.